The number of halogens is 1. The van der Waals surface area contributed by atoms with Gasteiger partial charge < -0.3 is 9.13 Å². The zero-order valence-corrected chi connectivity index (χ0v) is 12.9. The maximum absolute atomic E-state index is 14.2. The van der Waals surface area contributed by atoms with Crippen molar-refractivity contribution in [1.29, 1.82) is 0 Å². The Bertz CT molecular complexity index is 686. The molecule has 1 aliphatic heterocycles. The Morgan fingerprint density at radius 3 is 2.57 bits per heavy atom. The monoisotopic (exact) mass is 288 g/mol. The third-order valence-corrected chi connectivity index (χ3v) is 3.33. The topological polar surface area (TPSA) is 43.6 Å². The number of nitrogens with zero attached hydrogens (tertiary/aromatic N) is 2. The number of aryl methyl sites for hydroxylation is 2. The van der Waals surface area contributed by atoms with Crippen LogP contribution in [0.3, 0.4) is 0 Å². The van der Waals surface area contributed by atoms with Crippen LogP contribution >= 0.6 is 0 Å². The summed E-state index contributed by atoms with van der Waals surface area (Å²) in [6, 6.07) is 1.85. The van der Waals surface area contributed by atoms with E-state index in [1.165, 1.54) is 11.4 Å². The van der Waals surface area contributed by atoms with Gasteiger partial charge in [-0.2, -0.15) is 0 Å². The molecule has 21 heavy (non-hydrogen) atoms. The largest absolute Gasteiger partial charge is 0.712 e. The van der Waals surface area contributed by atoms with Crippen molar-refractivity contribution < 1.29 is 13.8 Å². The lowest BCUT2D eigenvalue weighted by molar-refractivity contribution is -0.132. The highest BCUT2D eigenvalue weighted by atomic mass is 19.1. The zero-order valence-electron chi connectivity index (χ0n) is 12.9. The van der Waals surface area contributed by atoms with E-state index in [2.05, 4.69) is 9.65 Å². The van der Waals surface area contributed by atoms with E-state index in [0.29, 0.717) is 11.4 Å². The predicted octanol–water partition coefficient (Wildman–Crippen LogP) is 3.23. The highest BCUT2D eigenvalue weighted by Gasteiger charge is 2.28. The van der Waals surface area contributed by atoms with Crippen LogP contribution in [0.1, 0.15) is 37.7 Å². The fourth-order valence-electron chi connectivity index (χ4n) is 2.45. The second-order valence-corrected chi connectivity index (χ2v) is 5.24. The van der Waals surface area contributed by atoms with Crippen molar-refractivity contribution >= 4 is 25.1 Å². The summed E-state index contributed by atoms with van der Waals surface area (Å²) < 4.78 is 20.2. The first-order valence-electron chi connectivity index (χ1n) is 6.75. The molecule has 0 atom stereocenters. The molecule has 0 saturated heterocycles. The molecule has 1 aliphatic rings. The van der Waals surface area contributed by atoms with Gasteiger partial charge in [0.1, 0.15) is 0 Å². The molecule has 2 rings (SSSR count). The van der Waals surface area contributed by atoms with Crippen LogP contribution in [0.25, 0.3) is 6.08 Å². The van der Waals surface area contributed by atoms with E-state index >= 15 is 0 Å². The number of allylic oxidation sites excluding steroid dienone is 2. The van der Waals surface area contributed by atoms with E-state index < -0.39 is 13.3 Å². The third kappa shape index (κ3) is 3.15. The van der Waals surface area contributed by atoms with Gasteiger partial charge in [0, 0.05) is 24.0 Å². The molecule has 0 unspecified atom stereocenters. The van der Waals surface area contributed by atoms with Crippen LogP contribution in [-0.4, -0.2) is 23.5 Å². The lowest BCUT2D eigenvalue weighted by Crippen LogP contribution is -2.27. The van der Waals surface area contributed by atoms with Crippen molar-refractivity contribution in [3.8, 4) is 0 Å². The van der Waals surface area contributed by atoms with Gasteiger partial charge in [0.15, 0.2) is 0 Å². The summed E-state index contributed by atoms with van der Waals surface area (Å²) >= 11 is 0. The molecule has 1 aromatic heterocycles. The molecule has 0 saturated carbocycles. The Hall–Kier alpha value is -2.11. The van der Waals surface area contributed by atoms with Gasteiger partial charge >= 0.3 is 7.33 Å². The molecule has 110 valence electrons. The molecule has 4 nitrogen and oxygen atoms in total. The van der Waals surface area contributed by atoms with E-state index in [4.69, 9.17) is 0 Å². The summed E-state index contributed by atoms with van der Waals surface area (Å²) in [6.45, 7) is 8.73. The second-order valence-electron chi connectivity index (χ2n) is 5.24. The van der Waals surface area contributed by atoms with Gasteiger partial charge in [0.25, 0.3) is 5.97 Å². The maximum Gasteiger partial charge on any atom is 0.712 e. The molecule has 0 aromatic carbocycles. The van der Waals surface area contributed by atoms with Gasteiger partial charge in [-0.3, -0.25) is 14.1 Å². The van der Waals surface area contributed by atoms with E-state index in [9.17, 15) is 9.11 Å². The van der Waals surface area contributed by atoms with Gasteiger partial charge in [0.05, 0.1) is 5.70 Å². The van der Waals surface area contributed by atoms with E-state index in [1.54, 1.807) is 6.92 Å². The standard InChI is InChI=1S/C15H18BFN2O2/c1-9-6-11(3)18-14(9)8-15-10(2)7-12(4)19(15)16(17)21-13(5)20/h6-8H,1-5H3/b14-8-. The van der Waals surface area contributed by atoms with Crippen LogP contribution in [0.4, 0.5) is 4.32 Å². The van der Waals surface area contributed by atoms with Gasteiger partial charge in [-0.25, -0.2) is 0 Å². The Morgan fingerprint density at radius 2 is 2.05 bits per heavy atom. The minimum absolute atomic E-state index is 0.655. The molecule has 0 N–H and O–H groups in total. The molecule has 0 aliphatic carbocycles. The number of carbonyl (C=O) groups excluding carboxylic acids is 1. The van der Waals surface area contributed by atoms with Gasteiger partial charge in [0.2, 0.25) is 0 Å². The quantitative estimate of drug-likeness (QED) is 0.801. The first-order valence-corrected chi connectivity index (χ1v) is 6.75. The van der Waals surface area contributed by atoms with Crippen LogP contribution in [0.5, 0.6) is 0 Å². The molecule has 2 heterocycles. The average molecular weight is 288 g/mol. The zero-order chi connectivity index (χ0) is 15.7. The van der Waals surface area contributed by atoms with E-state index in [1.807, 2.05) is 39.0 Å². The SMILES string of the molecule is CC(=O)OB(F)n1c(C)cc(C)c1/C=C1\N=C(C)C=C1C. The van der Waals surface area contributed by atoms with Crippen LogP contribution in [0.15, 0.2) is 28.4 Å². The van der Waals surface area contributed by atoms with Crippen molar-refractivity contribution in [2.45, 2.75) is 34.6 Å². The summed E-state index contributed by atoms with van der Waals surface area (Å²) in [6.07, 6.45) is 3.79. The number of aromatic nitrogens is 1. The number of hydrogen-bond donors (Lipinski definition) is 0. The predicted molar refractivity (Wildman–Crippen MR) is 82.8 cm³/mol. The average Bonchev–Trinajstić information content (AvgIpc) is 2.79. The summed E-state index contributed by atoms with van der Waals surface area (Å²) in [5.74, 6) is -0.655. The smallest absolute Gasteiger partial charge is 0.487 e. The highest BCUT2D eigenvalue weighted by molar-refractivity contribution is 6.44. The molecule has 1 aromatic rings. The normalized spacial score (nSPS) is 16.0. The summed E-state index contributed by atoms with van der Waals surface area (Å²) in [5.41, 5.74) is 4.99. The van der Waals surface area contributed by atoms with Crippen LogP contribution < -0.4 is 0 Å². The van der Waals surface area contributed by atoms with Crippen LogP contribution in [-0.2, 0) is 9.45 Å². The first-order chi connectivity index (χ1) is 9.79. The fraction of sp³-hybridized carbons (Fsp3) is 0.333. The molecular formula is C15H18BFN2O2. The van der Waals surface area contributed by atoms with E-state index in [0.717, 1.165) is 22.5 Å². The molecular weight excluding hydrogens is 270 g/mol. The fourth-order valence-corrected chi connectivity index (χ4v) is 2.45. The minimum atomic E-state index is -1.83. The lowest BCUT2D eigenvalue weighted by atomic mass is 10.1. The third-order valence-electron chi connectivity index (χ3n) is 3.33. The molecule has 0 radical (unpaired) electrons. The van der Waals surface area contributed by atoms with Crippen LogP contribution in [0, 0.1) is 13.8 Å². The Labute approximate surface area is 124 Å². The summed E-state index contributed by atoms with van der Waals surface area (Å²) in [5, 5.41) is 0. The molecule has 0 fully saturated rings. The van der Waals surface area contributed by atoms with Crippen molar-refractivity contribution in [2.75, 3.05) is 0 Å². The molecule has 0 spiro atoms. The second kappa shape index (κ2) is 5.72. The van der Waals surface area contributed by atoms with Crippen molar-refractivity contribution in [2.24, 2.45) is 4.99 Å². The van der Waals surface area contributed by atoms with Crippen molar-refractivity contribution in [1.82, 2.24) is 4.48 Å². The Kier molecular flexibility index (Phi) is 4.16. The summed E-state index contributed by atoms with van der Waals surface area (Å²) in [7, 11) is -1.83. The van der Waals surface area contributed by atoms with Gasteiger partial charge in [-0.15, -0.1) is 0 Å². The maximum atomic E-state index is 14.2. The Morgan fingerprint density at radius 1 is 1.38 bits per heavy atom. The van der Waals surface area contributed by atoms with Gasteiger partial charge in [-0.1, -0.05) is 0 Å². The minimum Gasteiger partial charge on any atom is -0.487 e. The van der Waals surface area contributed by atoms with Crippen molar-refractivity contribution in [3.05, 3.63) is 40.4 Å². The van der Waals surface area contributed by atoms with Crippen molar-refractivity contribution in [3.63, 3.8) is 0 Å². The number of hydrogen-bond acceptors (Lipinski definition) is 3. The van der Waals surface area contributed by atoms with Crippen LogP contribution in [0.2, 0.25) is 0 Å². The first kappa shape index (κ1) is 15.3. The highest BCUT2D eigenvalue weighted by Crippen LogP contribution is 2.25. The lowest BCUT2D eigenvalue weighted by Gasteiger charge is -2.11. The number of rotatable bonds is 3. The number of aliphatic imine (C=N–C) groups is 1. The molecule has 0 bridgehead atoms. The van der Waals surface area contributed by atoms with E-state index in [-0.39, 0.29) is 0 Å². The molecule has 0 amide bonds. The number of carbonyl (C=O) groups is 1. The van der Waals surface area contributed by atoms with Gasteiger partial charge in [-0.05, 0) is 57.0 Å². The Balaban J connectivity index is 2.48. The molecule has 6 heteroatoms. The summed E-state index contributed by atoms with van der Waals surface area (Å²) in [4.78, 5) is 15.4.